The Morgan fingerprint density at radius 1 is 1.04 bits per heavy atom. The molecule has 0 aliphatic carbocycles. The average Bonchev–Trinajstić information content (AvgIpc) is 2.49. The van der Waals surface area contributed by atoms with Crippen molar-refractivity contribution in [1.82, 2.24) is 10.6 Å². The summed E-state index contributed by atoms with van der Waals surface area (Å²) in [6.07, 6.45) is -0.213. The van der Waals surface area contributed by atoms with Crippen LogP contribution in [0.3, 0.4) is 0 Å². The molecule has 0 atom stereocenters. The minimum absolute atomic E-state index is 0.0645. The molecule has 0 saturated heterocycles. The molecule has 144 valence electrons. The summed E-state index contributed by atoms with van der Waals surface area (Å²) < 4.78 is 5.07. The normalized spacial score (nSPS) is 11.0. The van der Waals surface area contributed by atoms with Gasteiger partial charge in [0.25, 0.3) is 0 Å². The number of hydrogen-bond acceptors (Lipinski definition) is 4. The van der Waals surface area contributed by atoms with E-state index in [1.807, 2.05) is 32.0 Å². The Bertz CT molecular complexity index is 636. The SMILES string of the molecule is CC(C)CC(=O)Nc1ccccc1CNC(=O)CNC(=O)OC(C)(C)C. The Balaban J connectivity index is 2.50. The monoisotopic (exact) mass is 363 g/mol. The van der Waals surface area contributed by atoms with Crippen molar-refractivity contribution in [1.29, 1.82) is 0 Å². The first-order valence-corrected chi connectivity index (χ1v) is 8.68. The lowest BCUT2D eigenvalue weighted by atomic mass is 10.1. The van der Waals surface area contributed by atoms with Crippen LogP contribution >= 0.6 is 0 Å². The van der Waals surface area contributed by atoms with Gasteiger partial charge in [0, 0.05) is 18.7 Å². The van der Waals surface area contributed by atoms with Crippen LogP contribution in [0.2, 0.25) is 0 Å². The smallest absolute Gasteiger partial charge is 0.408 e. The van der Waals surface area contributed by atoms with Crippen LogP contribution < -0.4 is 16.0 Å². The molecule has 0 bridgehead atoms. The van der Waals surface area contributed by atoms with Crippen LogP contribution in [0.4, 0.5) is 10.5 Å². The topological polar surface area (TPSA) is 96.5 Å². The van der Waals surface area contributed by atoms with E-state index in [1.54, 1.807) is 26.8 Å². The van der Waals surface area contributed by atoms with E-state index in [9.17, 15) is 14.4 Å². The maximum absolute atomic E-state index is 11.9. The molecule has 0 aliphatic heterocycles. The second-order valence-electron chi connectivity index (χ2n) is 7.44. The molecule has 1 aromatic carbocycles. The van der Waals surface area contributed by atoms with Gasteiger partial charge < -0.3 is 20.7 Å². The fraction of sp³-hybridized carbons (Fsp3) is 0.526. The lowest BCUT2D eigenvalue weighted by Gasteiger charge is -2.19. The van der Waals surface area contributed by atoms with Gasteiger partial charge in [-0.3, -0.25) is 9.59 Å². The number of ether oxygens (including phenoxy) is 1. The van der Waals surface area contributed by atoms with Gasteiger partial charge in [0.1, 0.15) is 12.1 Å². The second-order valence-corrected chi connectivity index (χ2v) is 7.44. The second kappa shape index (κ2) is 9.79. The van der Waals surface area contributed by atoms with E-state index in [1.165, 1.54) is 0 Å². The van der Waals surface area contributed by atoms with Gasteiger partial charge in [0.2, 0.25) is 11.8 Å². The van der Waals surface area contributed by atoms with Gasteiger partial charge in [0.05, 0.1) is 0 Å². The number of hydrogen-bond donors (Lipinski definition) is 3. The summed E-state index contributed by atoms with van der Waals surface area (Å²) in [6.45, 7) is 9.25. The summed E-state index contributed by atoms with van der Waals surface area (Å²) in [5.74, 6) is -0.148. The molecule has 0 saturated carbocycles. The van der Waals surface area contributed by atoms with Gasteiger partial charge in [-0.05, 0) is 38.3 Å². The fourth-order valence-electron chi connectivity index (χ4n) is 2.09. The van der Waals surface area contributed by atoms with Crippen LogP contribution in [0, 0.1) is 5.92 Å². The zero-order valence-electron chi connectivity index (χ0n) is 16.1. The summed E-state index contributed by atoms with van der Waals surface area (Å²) in [7, 11) is 0. The number of anilines is 1. The molecule has 1 rings (SSSR count). The molecule has 0 spiro atoms. The number of para-hydroxylation sites is 1. The van der Waals surface area contributed by atoms with Gasteiger partial charge in [0.15, 0.2) is 0 Å². The van der Waals surface area contributed by atoms with E-state index >= 15 is 0 Å². The highest BCUT2D eigenvalue weighted by atomic mass is 16.6. The van der Waals surface area contributed by atoms with Crippen LogP contribution in [-0.2, 0) is 20.9 Å². The first-order valence-electron chi connectivity index (χ1n) is 8.68. The molecular formula is C19H29N3O4. The van der Waals surface area contributed by atoms with Gasteiger partial charge in [-0.25, -0.2) is 4.79 Å². The first-order chi connectivity index (χ1) is 12.1. The lowest BCUT2D eigenvalue weighted by molar-refractivity contribution is -0.120. The van der Waals surface area contributed by atoms with Gasteiger partial charge in [-0.15, -0.1) is 0 Å². The van der Waals surface area contributed by atoms with E-state index in [2.05, 4.69) is 16.0 Å². The van der Waals surface area contributed by atoms with Crippen molar-refractivity contribution >= 4 is 23.6 Å². The molecule has 3 amide bonds. The van der Waals surface area contributed by atoms with Crippen molar-refractivity contribution in [2.75, 3.05) is 11.9 Å². The average molecular weight is 363 g/mol. The Morgan fingerprint density at radius 2 is 1.69 bits per heavy atom. The number of alkyl carbamates (subject to hydrolysis) is 1. The Kier molecular flexibility index (Phi) is 8.09. The number of carbonyl (C=O) groups excluding carboxylic acids is 3. The summed E-state index contributed by atoms with van der Waals surface area (Å²) in [6, 6.07) is 7.27. The van der Waals surface area contributed by atoms with Crippen molar-refractivity contribution in [2.45, 2.75) is 53.2 Å². The zero-order chi connectivity index (χ0) is 19.7. The van der Waals surface area contributed by atoms with E-state index in [0.29, 0.717) is 12.1 Å². The minimum atomic E-state index is -0.644. The van der Waals surface area contributed by atoms with Crippen LogP contribution in [0.1, 0.15) is 46.6 Å². The number of benzene rings is 1. The molecule has 0 fully saturated rings. The third-order valence-corrected chi connectivity index (χ3v) is 3.15. The van der Waals surface area contributed by atoms with Gasteiger partial charge in [-0.1, -0.05) is 32.0 Å². The summed E-state index contributed by atoms with van der Waals surface area (Å²) in [5.41, 5.74) is 0.835. The first kappa shape index (κ1) is 21.5. The highest BCUT2D eigenvalue weighted by Crippen LogP contribution is 2.16. The summed E-state index contributed by atoms with van der Waals surface area (Å²) >= 11 is 0. The molecular weight excluding hydrogens is 334 g/mol. The number of amides is 3. The maximum atomic E-state index is 11.9. The third-order valence-electron chi connectivity index (χ3n) is 3.15. The maximum Gasteiger partial charge on any atom is 0.408 e. The minimum Gasteiger partial charge on any atom is -0.444 e. The largest absolute Gasteiger partial charge is 0.444 e. The quantitative estimate of drug-likeness (QED) is 0.694. The number of nitrogens with one attached hydrogen (secondary N) is 3. The third kappa shape index (κ3) is 9.05. The molecule has 0 heterocycles. The zero-order valence-corrected chi connectivity index (χ0v) is 16.1. The van der Waals surface area contributed by atoms with Crippen LogP contribution in [0.5, 0.6) is 0 Å². The van der Waals surface area contributed by atoms with Crippen molar-refractivity contribution in [2.24, 2.45) is 5.92 Å². The molecule has 26 heavy (non-hydrogen) atoms. The molecule has 7 nitrogen and oxygen atoms in total. The predicted molar refractivity (Wildman–Crippen MR) is 101 cm³/mol. The van der Waals surface area contributed by atoms with E-state index in [-0.39, 0.29) is 30.8 Å². The molecule has 1 aromatic rings. The fourth-order valence-corrected chi connectivity index (χ4v) is 2.09. The summed E-state index contributed by atoms with van der Waals surface area (Å²) in [4.78, 5) is 35.4. The van der Waals surface area contributed by atoms with Crippen LogP contribution in [0.25, 0.3) is 0 Å². The molecule has 3 N–H and O–H groups in total. The summed E-state index contributed by atoms with van der Waals surface area (Å²) in [5, 5.41) is 7.97. The Labute approximate surface area is 154 Å². The highest BCUT2D eigenvalue weighted by molar-refractivity contribution is 5.91. The number of rotatable bonds is 7. The van der Waals surface area contributed by atoms with Crippen molar-refractivity contribution in [3.05, 3.63) is 29.8 Å². The molecule has 0 radical (unpaired) electrons. The van der Waals surface area contributed by atoms with Crippen molar-refractivity contribution in [3.8, 4) is 0 Å². The van der Waals surface area contributed by atoms with Crippen LogP contribution in [0.15, 0.2) is 24.3 Å². The highest BCUT2D eigenvalue weighted by Gasteiger charge is 2.16. The standard InChI is InChI=1S/C19H29N3O4/c1-13(2)10-16(23)22-15-9-7-6-8-14(15)11-20-17(24)12-21-18(25)26-19(3,4)5/h6-9,13H,10-12H2,1-5H3,(H,20,24)(H,21,25)(H,22,23). The molecule has 7 heteroatoms. The van der Waals surface area contributed by atoms with Gasteiger partial charge in [-0.2, -0.15) is 0 Å². The van der Waals surface area contributed by atoms with Crippen LogP contribution in [-0.4, -0.2) is 30.1 Å². The molecule has 0 unspecified atom stereocenters. The van der Waals surface area contributed by atoms with Crippen molar-refractivity contribution in [3.63, 3.8) is 0 Å². The predicted octanol–water partition coefficient (Wildman–Crippen LogP) is 2.81. The molecule has 0 aliphatic rings. The Hall–Kier alpha value is -2.57. The van der Waals surface area contributed by atoms with E-state index in [4.69, 9.17) is 4.74 Å². The van der Waals surface area contributed by atoms with Crippen molar-refractivity contribution < 1.29 is 19.1 Å². The lowest BCUT2D eigenvalue weighted by Crippen LogP contribution is -2.39. The van der Waals surface area contributed by atoms with E-state index < -0.39 is 11.7 Å². The Morgan fingerprint density at radius 3 is 2.31 bits per heavy atom. The van der Waals surface area contributed by atoms with Gasteiger partial charge >= 0.3 is 6.09 Å². The molecule has 0 aromatic heterocycles. The van der Waals surface area contributed by atoms with E-state index in [0.717, 1.165) is 5.56 Å². The number of carbonyl (C=O) groups is 3.